The summed E-state index contributed by atoms with van der Waals surface area (Å²) in [5.74, 6) is -2.01. The molecule has 26 nitrogen and oxygen atoms in total. The van der Waals surface area contributed by atoms with Gasteiger partial charge in [-0.05, 0) is 383 Å². The van der Waals surface area contributed by atoms with Crippen LogP contribution < -0.4 is 0 Å². The number of benzene rings is 6. The number of halogens is 4. The highest BCUT2D eigenvalue weighted by molar-refractivity contribution is 7.93. The third-order valence-corrected chi connectivity index (χ3v) is 40.0. The van der Waals surface area contributed by atoms with Gasteiger partial charge in [-0.2, -0.15) is 25.5 Å². The highest BCUT2D eigenvalue weighted by atomic mass is 32.2. The lowest BCUT2D eigenvalue weighted by molar-refractivity contribution is 0.0790. The smallest absolute Gasteiger partial charge is 0.200 e. The zero-order valence-corrected chi connectivity index (χ0v) is 86.0. The van der Waals surface area contributed by atoms with Crippen LogP contribution in [0.3, 0.4) is 0 Å². The van der Waals surface area contributed by atoms with Crippen molar-refractivity contribution in [2.24, 2.45) is 28.7 Å². The predicted octanol–water partition coefficient (Wildman–Crippen LogP) is 20.4. The normalized spacial score (nSPS) is 21.1. The fraction of sp³-hybridized carbons (Fsp3) is 0.278. The van der Waals surface area contributed by atoms with E-state index in [9.17, 15) is 70.4 Å². The van der Waals surface area contributed by atoms with Crippen molar-refractivity contribution in [3.05, 3.63) is 404 Å². The van der Waals surface area contributed by atoms with E-state index in [0.29, 0.717) is 117 Å². The van der Waals surface area contributed by atoms with E-state index in [-0.39, 0.29) is 86.9 Å². The number of nitrogens with zero attached hydrogens (tertiary/aromatic N) is 14. The van der Waals surface area contributed by atoms with Crippen molar-refractivity contribution in [2.45, 2.75) is 185 Å². The quantitative estimate of drug-likeness (QED) is 0.0536. The van der Waals surface area contributed by atoms with E-state index < -0.39 is 86.8 Å². The van der Waals surface area contributed by atoms with Gasteiger partial charge in [0, 0.05) is 38.0 Å². The largest absolute Gasteiger partial charge is 0.291 e. The molecule has 4 fully saturated rings. The predicted molar refractivity (Wildman–Crippen MR) is 556 cm³/mol. The van der Waals surface area contributed by atoms with Gasteiger partial charge in [0.2, 0.25) is 0 Å². The monoisotopic (exact) mass is 2080 g/mol. The minimum absolute atomic E-state index is 0.0225. The van der Waals surface area contributed by atoms with E-state index in [2.05, 4.69) is 45.4 Å². The summed E-state index contributed by atoms with van der Waals surface area (Å²) in [5.41, 5.74) is 12.9. The Kier molecular flexibility index (Phi) is 27.0. The standard InChI is InChI=1S/2C30H26FN3O3S.C28H26FN5O3S.C27H28FN3O3S/c1-20-5-4-6-25(15-20)38(36,37)26-13-8-22-16-28-21(19-33-34(28)24-11-9-23(31)10-12-24)17-30(22,18-26)29(35)27-7-2-3-14-32-27;1-20-13-14-32-27(15-20)29(35)30-17-21-19-33-34(24-10-8-23(31)9-11-24)28(21)16-22(30)7-12-26(18-30)38(36,37)25-5-3-2-4-6-25;1-18-9-11-30-24(13-18)27(35)28-15-19-17-31-34(22-6-4-21(29)5-7-22)25(19)14-20(28)3-8-23(16-28)38(36,37)26-10-12-33(2)32-26;1-26(2,3)35(33,34)22-12-7-19-14-24-18(17-30-31(24)21-10-8-20(28)9-11-21)15-27(19,16-22)25(32)23-6-4-5-13-29-23/h2-7,9-12,14-16,19,26H,8,13,17-18H2,1H3;2-6,8-11,13-16,19,26H,7,12,17-18H2,1H3;4-7,9-14,17,23H,3,8,15-16H2,1-2H3;4-6,8-11,13-14,17,22H,7,12,15-16H2,1-3H3/t26-,30-;26-,30+;23-,28-;22-,27-/m0100/s1. The molecule has 8 atom stereocenters. The molecule has 34 heteroatoms. The average molecular weight is 2080 g/mol. The van der Waals surface area contributed by atoms with Crippen molar-refractivity contribution >= 4 is 86.8 Å². The maximum Gasteiger partial charge on any atom is 0.200 e. The molecule has 4 saturated carbocycles. The average Bonchev–Trinajstić information content (AvgIpc) is 1.72. The Hall–Kier alpha value is -14.9. The number of pyridine rings is 4. The van der Waals surface area contributed by atoms with Gasteiger partial charge in [-0.25, -0.2) is 70.0 Å². The van der Waals surface area contributed by atoms with Crippen molar-refractivity contribution in [2.75, 3.05) is 0 Å². The molecule has 23 rings (SSSR count). The number of aryl methyl sites for hydroxylation is 4. The van der Waals surface area contributed by atoms with Crippen LogP contribution in [0.2, 0.25) is 0 Å². The van der Waals surface area contributed by atoms with Crippen LogP contribution in [0.1, 0.15) is 201 Å². The van der Waals surface area contributed by atoms with Gasteiger partial charge in [0.1, 0.15) is 46.0 Å². The molecule has 149 heavy (non-hydrogen) atoms. The van der Waals surface area contributed by atoms with E-state index in [4.69, 9.17) is 0 Å². The Morgan fingerprint density at radius 1 is 0.336 bits per heavy atom. The Balaban J connectivity index is 0.000000120. The minimum Gasteiger partial charge on any atom is -0.291 e. The van der Waals surface area contributed by atoms with Gasteiger partial charge in [-0.1, -0.05) is 64.8 Å². The van der Waals surface area contributed by atoms with Crippen LogP contribution in [0.4, 0.5) is 17.6 Å². The zero-order chi connectivity index (χ0) is 105. The van der Waals surface area contributed by atoms with Crippen molar-refractivity contribution in [3.8, 4) is 22.7 Å². The number of sulfone groups is 4. The number of hydrogen-bond donors (Lipinski definition) is 0. The second-order valence-electron chi connectivity index (χ2n) is 40.9. The number of Topliss-reactive ketones (excluding diaryl/α,β-unsaturated/α-hetero) is 4. The lowest BCUT2D eigenvalue weighted by Gasteiger charge is -2.44. The van der Waals surface area contributed by atoms with Gasteiger partial charge in [-0.3, -0.25) is 43.8 Å². The molecule has 0 spiro atoms. The molecule has 760 valence electrons. The van der Waals surface area contributed by atoms with Crippen LogP contribution in [0, 0.1) is 65.7 Å². The Morgan fingerprint density at radius 2 is 0.644 bits per heavy atom. The van der Waals surface area contributed by atoms with Crippen LogP contribution in [-0.2, 0) is 72.1 Å². The molecule has 0 amide bonds. The molecule has 0 saturated heterocycles. The summed E-state index contributed by atoms with van der Waals surface area (Å²) >= 11 is 0. The summed E-state index contributed by atoms with van der Waals surface area (Å²) in [4.78, 5) is 74.7. The fourth-order valence-corrected chi connectivity index (χ4v) is 30.3. The Labute approximate surface area is 860 Å². The van der Waals surface area contributed by atoms with Crippen molar-refractivity contribution in [3.63, 3.8) is 0 Å². The lowest BCUT2D eigenvalue weighted by atomic mass is 9.61. The molecular formula is C115H106F4N14O12S4. The highest BCUT2D eigenvalue weighted by Gasteiger charge is 2.58. The number of aromatic nitrogens is 14. The molecule has 0 bridgehead atoms. The molecule has 0 unspecified atom stereocenters. The first-order chi connectivity index (χ1) is 71.2. The van der Waals surface area contributed by atoms with Crippen LogP contribution in [0.15, 0.2) is 311 Å². The number of carbonyl (C=O) groups is 4. The first-order valence-corrected chi connectivity index (χ1v) is 55.5. The third-order valence-electron chi connectivity index (χ3n) is 30.6. The number of allylic oxidation sites excluding steroid dienone is 4. The van der Waals surface area contributed by atoms with Gasteiger partial charge >= 0.3 is 0 Å². The number of fused-ring (bicyclic) bond motifs is 8. The highest BCUT2D eigenvalue weighted by Crippen LogP contribution is 2.58. The number of rotatable bonds is 19. The summed E-state index contributed by atoms with van der Waals surface area (Å²) < 4.78 is 171. The van der Waals surface area contributed by atoms with Crippen LogP contribution >= 0.6 is 0 Å². The SMILES string of the molecule is CC(C)(C)S(=O)(=O)[C@H]1CCC2=Cc3c(cnn3-c3ccc(F)cc3)C[C@]2(C(=O)c2ccccn2)C1.Cc1cccc(S(=O)(=O)[C@H]2CCC3=Cc4c(cnn4-c4ccc(F)cc4)C[C@]3(C(=O)c3ccccn3)C2)c1.Cc1ccnc(C(=O)[C@]23Cc4cnn(-c5ccc(F)cc5)c4C=C2CC[C@@H](S(=O)(=O)c2ccccc2)C3)c1.Cc1ccnc(C(=O)[C@]23Cc4cnn(-c5ccc(F)cc5)c4C=C2CC[C@H](S(=O)(=O)c2ccn(C)n2)C3)c1. The van der Waals surface area contributed by atoms with Gasteiger partial charge in [0.05, 0.1) is 128 Å². The lowest BCUT2D eigenvalue weighted by Crippen LogP contribution is -2.48. The molecule has 0 aliphatic heterocycles. The summed E-state index contributed by atoms with van der Waals surface area (Å²) in [6.07, 6.45) is 28.3. The molecule has 0 N–H and O–H groups in total. The van der Waals surface area contributed by atoms with Crippen molar-refractivity contribution < 1.29 is 70.4 Å². The Morgan fingerprint density at radius 3 is 0.966 bits per heavy atom. The summed E-state index contributed by atoms with van der Waals surface area (Å²) in [5, 5.41) is 19.6. The molecule has 9 heterocycles. The van der Waals surface area contributed by atoms with Crippen LogP contribution in [0.25, 0.3) is 47.1 Å². The summed E-state index contributed by atoms with van der Waals surface area (Å²) in [7, 11) is -12.9. The zero-order valence-electron chi connectivity index (χ0n) is 82.7. The third kappa shape index (κ3) is 19.0. The maximum atomic E-state index is 14.3. The maximum absolute atomic E-state index is 14.3. The van der Waals surface area contributed by atoms with E-state index in [0.717, 1.165) is 89.7 Å². The molecular weight excluding hydrogens is 1970 g/mol. The van der Waals surface area contributed by atoms with Gasteiger partial charge < -0.3 is 0 Å². The van der Waals surface area contributed by atoms with Crippen LogP contribution in [0.5, 0.6) is 0 Å². The minimum atomic E-state index is -3.76. The summed E-state index contributed by atoms with van der Waals surface area (Å²) in [6, 6.07) is 58.8. The summed E-state index contributed by atoms with van der Waals surface area (Å²) in [6.45, 7) is 10.8. The van der Waals surface area contributed by atoms with Crippen molar-refractivity contribution in [1.82, 2.24) is 68.8 Å². The van der Waals surface area contributed by atoms with Crippen LogP contribution in [-0.4, -0.2) is 151 Å². The van der Waals surface area contributed by atoms with E-state index >= 15 is 0 Å². The topological polar surface area (TPSA) is 345 Å². The molecule has 8 aliphatic carbocycles. The second-order valence-corrected chi connectivity index (χ2v) is 50.5. The van der Waals surface area contributed by atoms with E-state index in [1.54, 1.807) is 248 Å². The van der Waals surface area contributed by atoms with E-state index in [1.807, 2.05) is 63.3 Å². The Bertz CT molecular complexity index is 8440. The van der Waals surface area contributed by atoms with Gasteiger partial charge in [0.15, 0.2) is 67.5 Å². The number of hydrogen-bond acceptors (Lipinski definition) is 21. The molecule has 15 aromatic rings. The second kappa shape index (κ2) is 39.6. The fourth-order valence-electron chi connectivity index (χ4n) is 22.8. The molecule has 6 aromatic carbocycles. The molecule has 0 radical (unpaired) electrons. The molecule has 9 aromatic heterocycles. The molecule has 8 aliphatic rings. The first-order valence-electron chi connectivity index (χ1n) is 49.3. The number of carbonyl (C=O) groups excluding carboxylic acids is 4. The first kappa shape index (κ1) is 101. The number of ketones is 4. The van der Waals surface area contributed by atoms with Gasteiger partial charge in [-0.15, -0.1) is 0 Å². The van der Waals surface area contributed by atoms with Crippen molar-refractivity contribution in [1.29, 1.82) is 0 Å². The van der Waals surface area contributed by atoms with E-state index in [1.165, 1.54) is 59.3 Å². The van der Waals surface area contributed by atoms with Gasteiger partial charge in [0.25, 0.3) is 0 Å².